The van der Waals surface area contributed by atoms with Crippen molar-refractivity contribution in [3.63, 3.8) is 0 Å². The van der Waals surface area contributed by atoms with E-state index in [2.05, 4.69) is 19.2 Å². The number of amides is 2. The number of fused-ring (bicyclic) bond motifs is 1. The predicted octanol–water partition coefficient (Wildman–Crippen LogP) is 2.98. The molecule has 0 saturated heterocycles. The van der Waals surface area contributed by atoms with Gasteiger partial charge in [-0.25, -0.2) is 0 Å². The van der Waals surface area contributed by atoms with Crippen LogP contribution in [0.4, 0.5) is 5.69 Å². The summed E-state index contributed by atoms with van der Waals surface area (Å²) in [6.07, 6.45) is 2.78. The van der Waals surface area contributed by atoms with Gasteiger partial charge in [-0.05, 0) is 30.9 Å². The molecule has 0 aliphatic carbocycles. The van der Waals surface area contributed by atoms with Gasteiger partial charge in [0.15, 0.2) is 0 Å². The van der Waals surface area contributed by atoms with Crippen molar-refractivity contribution in [1.82, 2.24) is 5.32 Å². The van der Waals surface area contributed by atoms with Crippen molar-refractivity contribution >= 4 is 17.5 Å². The van der Waals surface area contributed by atoms with Crippen LogP contribution < -0.4 is 10.2 Å². The summed E-state index contributed by atoms with van der Waals surface area (Å²) < 4.78 is 0. The molecule has 114 valence electrons. The molecular formula is C17H24N2O2. The molecule has 1 N–H and O–H groups in total. The molecule has 0 radical (unpaired) electrons. The smallest absolute Gasteiger partial charge is 0.254 e. The van der Waals surface area contributed by atoms with E-state index in [1.165, 1.54) is 0 Å². The SMILES string of the molecule is CCCC(C)CN1C(=O)C(CC)NC(=O)c2ccccc21. The zero-order chi connectivity index (χ0) is 15.4. The van der Waals surface area contributed by atoms with Crippen molar-refractivity contribution in [3.8, 4) is 0 Å². The molecule has 0 aromatic heterocycles. The van der Waals surface area contributed by atoms with Gasteiger partial charge < -0.3 is 10.2 Å². The summed E-state index contributed by atoms with van der Waals surface area (Å²) in [5.41, 5.74) is 1.32. The number of hydrogen-bond donors (Lipinski definition) is 1. The van der Waals surface area contributed by atoms with Crippen molar-refractivity contribution in [2.75, 3.05) is 11.4 Å². The molecule has 2 rings (SSSR count). The normalized spacial score (nSPS) is 19.8. The van der Waals surface area contributed by atoms with E-state index in [9.17, 15) is 9.59 Å². The number of para-hydroxylation sites is 1. The van der Waals surface area contributed by atoms with Crippen molar-refractivity contribution < 1.29 is 9.59 Å². The number of benzene rings is 1. The third-order valence-electron chi connectivity index (χ3n) is 3.99. The van der Waals surface area contributed by atoms with Crippen LogP contribution in [0, 0.1) is 5.92 Å². The summed E-state index contributed by atoms with van der Waals surface area (Å²) in [6.45, 7) is 6.89. The van der Waals surface area contributed by atoms with E-state index in [0.717, 1.165) is 18.5 Å². The molecule has 2 amide bonds. The Hall–Kier alpha value is -1.84. The zero-order valence-electron chi connectivity index (χ0n) is 13.1. The quantitative estimate of drug-likeness (QED) is 0.905. The fourth-order valence-corrected chi connectivity index (χ4v) is 2.87. The van der Waals surface area contributed by atoms with Crippen molar-refractivity contribution in [2.45, 2.75) is 46.1 Å². The first kappa shape index (κ1) is 15.5. The predicted molar refractivity (Wildman–Crippen MR) is 84.4 cm³/mol. The van der Waals surface area contributed by atoms with Crippen molar-refractivity contribution in [1.29, 1.82) is 0 Å². The molecule has 0 saturated carbocycles. The van der Waals surface area contributed by atoms with E-state index in [0.29, 0.717) is 24.4 Å². The van der Waals surface area contributed by atoms with E-state index in [1.807, 2.05) is 25.1 Å². The Morgan fingerprint density at radius 1 is 1.24 bits per heavy atom. The van der Waals surface area contributed by atoms with E-state index in [4.69, 9.17) is 0 Å². The molecular weight excluding hydrogens is 264 g/mol. The molecule has 1 aliphatic heterocycles. The number of carbonyl (C=O) groups is 2. The maximum Gasteiger partial charge on any atom is 0.254 e. The molecule has 21 heavy (non-hydrogen) atoms. The molecule has 2 unspecified atom stereocenters. The molecule has 1 heterocycles. The molecule has 4 nitrogen and oxygen atoms in total. The van der Waals surface area contributed by atoms with Crippen LogP contribution in [-0.2, 0) is 4.79 Å². The number of anilines is 1. The maximum absolute atomic E-state index is 12.7. The summed E-state index contributed by atoms with van der Waals surface area (Å²) in [4.78, 5) is 26.8. The highest BCUT2D eigenvalue weighted by Crippen LogP contribution is 2.26. The van der Waals surface area contributed by atoms with Gasteiger partial charge in [0.05, 0.1) is 11.3 Å². The van der Waals surface area contributed by atoms with E-state index in [-0.39, 0.29) is 11.8 Å². The minimum atomic E-state index is -0.432. The topological polar surface area (TPSA) is 49.4 Å². The summed E-state index contributed by atoms with van der Waals surface area (Å²) in [6, 6.07) is 6.93. The molecule has 0 bridgehead atoms. The van der Waals surface area contributed by atoms with Crippen molar-refractivity contribution in [2.24, 2.45) is 5.92 Å². The van der Waals surface area contributed by atoms with Crippen LogP contribution in [0.1, 0.15) is 50.4 Å². The standard InChI is InChI=1S/C17H24N2O2/c1-4-8-12(3)11-19-15-10-7-6-9-13(15)16(20)18-14(5-2)17(19)21/h6-7,9-10,12,14H,4-5,8,11H2,1-3H3,(H,18,20). The highest BCUT2D eigenvalue weighted by molar-refractivity contribution is 6.10. The Labute approximate surface area is 126 Å². The lowest BCUT2D eigenvalue weighted by atomic mass is 10.0. The maximum atomic E-state index is 12.7. The van der Waals surface area contributed by atoms with Crippen molar-refractivity contribution in [3.05, 3.63) is 29.8 Å². The number of rotatable bonds is 5. The second kappa shape index (κ2) is 6.74. The van der Waals surface area contributed by atoms with Crippen LogP contribution in [0.15, 0.2) is 24.3 Å². The largest absolute Gasteiger partial charge is 0.340 e. The molecule has 0 fully saturated rings. The first-order valence-corrected chi connectivity index (χ1v) is 7.79. The average molecular weight is 288 g/mol. The number of nitrogens with zero attached hydrogens (tertiary/aromatic N) is 1. The van der Waals surface area contributed by atoms with Gasteiger partial charge in [0.25, 0.3) is 5.91 Å². The molecule has 2 atom stereocenters. The Kier molecular flexibility index (Phi) is 4.99. The van der Waals surface area contributed by atoms with Gasteiger partial charge in [-0.15, -0.1) is 0 Å². The van der Waals surface area contributed by atoms with E-state index >= 15 is 0 Å². The van der Waals surface area contributed by atoms with Gasteiger partial charge >= 0.3 is 0 Å². The van der Waals surface area contributed by atoms with Crippen LogP contribution >= 0.6 is 0 Å². The fourth-order valence-electron chi connectivity index (χ4n) is 2.87. The minimum Gasteiger partial charge on any atom is -0.340 e. The highest BCUT2D eigenvalue weighted by atomic mass is 16.2. The lowest BCUT2D eigenvalue weighted by Crippen LogP contribution is -2.46. The molecule has 1 aromatic carbocycles. The molecule has 1 aromatic rings. The van der Waals surface area contributed by atoms with Gasteiger partial charge in [-0.3, -0.25) is 9.59 Å². The third kappa shape index (κ3) is 3.26. The first-order valence-electron chi connectivity index (χ1n) is 7.79. The second-order valence-electron chi connectivity index (χ2n) is 5.79. The Morgan fingerprint density at radius 3 is 2.62 bits per heavy atom. The summed E-state index contributed by atoms with van der Waals surface area (Å²) in [5, 5.41) is 2.84. The summed E-state index contributed by atoms with van der Waals surface area (Å²) >= 11 is 0. The van der Waals surface area contributed by atoms with Crippen LogP contribution in [0.25, 0.3) is 0 Å². The van der Waals surface area contributed by atoms with Crippen LogP contribution in [0.5, 0.6) is 0 Å². The third-order valence-corrected chi connectivity index (χ3v) is 3.99. The fraction of sp³-hybridized carbons (Fsp3) is 0.529. The highest BCUT2D eigenvalue weighted by Gasteiger charge is 2.32. The van der Waals surface area contributed by atoms with Gasteiger partial charge in [0.1, 0.15) is 6.04 Å². The average Bonchev–Trinajstić information content (AvgIpc) is 2.58. The first-order chi connectivity index (χ1) is 10.1. The van der Waals surface area contributed by atoms with Gasteiger partial charge in [-0.2, -0.15) is 0 Å². The Bertz CT molecular complexity index is 527. The minimum absolute atomic E-state index is 0.00115. The number of nitrogens with one attached hydrogen (secondary N) is 1. The van der Waals surface area contributed by atoms with E-state index < -0.39 is 6.04 Å². The Balaban J connectivity index is 2.39. The molecule has 0 spiro atoms. The number of hydrogen-bond acceptors (Lipinski definition) is 2. The lowest BCUT2D eigenvalue weighted by Gasteiger charge is -2.27. The summed E-state index contributed by atoms with van der Waals surface area (Å²) in [7, 11) is 0. The lowest BCUT2D eigenvalue weighted by molar-refractivity contribution is -0.120. The van der Waals surface area contributed by atoms with Crippen LogP contribution in [0.2, 0.25) is 0 Å². The molecule has 1 aliphatic rings. The van der Waals surface area contributed by atoms with Gasteiger partial charge in [-0.1, -0.05) is 39.3 Å². The van der Waals surface area contributed by atoms with Crippen LogP contribution in [0.3, 0.4) is 0 Å². The zero-order valence-corrected chi connectivity index (χ0v) is 13.1. The van der Waals surface area contributed by atoms with Crippen LogP contribution in [-0.4, -0.2) is 24.4 Å². The molecule has 4 heteroatoms. The Morgan fingerprint density at radius 2 is 1.95 bits per heavy atom. The summed E-state index contributed by atoms with van der Waals surface area (Å²) in [5.74, 6) is 0.257. The number of carbonyl (C=O) groups excluding carboxylic acids is 2. The monoisotopic (exact) mass is 288 g/mol. The second-order valence-corrected chi connectivity index (χ2v) is 5.79. The van der Waals surface area contributed by atoms with Gasteiger partial charge in [0.2, 0.25) is 5.91 Å². The van der Waals surface area contributed by atoms with Gasteiger partial charge in [0, 0.05) is 6.54 Å². The van der Waals surface area contributed by atoms with E-state index in [1.54, 1.807) is 11.0 Å².